The van der Waals surface area contributed by atoms with Crippen LogP contribution >= 0.6 is 11.6 Å². The molecule has 0 spiro atoms. The van der Waals surface area contributed by atoms with Crippen molar-refractivity contribution >= 4 is 22.4 Å². The monoisotopic (exact) mass is 261 g/mol. The number of hydrogen-bond acceptors (Lipinski definition) is 4. The van der Waals surface area contributed by atoms with Gasteiger partial charge in [0.05, 0.1) is 17.7 Å². The standard InChI is InChI=1S/C9H6ClF2N3O2/c10-5-1-3-4(2-16)14-15-9(17)6(3)7(13-5)8(11)12/h1,8,16H,2H2,(H,15,17). The number of rotatable bonds is 2. The Morgan fingerprint density at radius 2 is 2.24 bits per heavy atom. The number of fused-ring (bicyclic) bond motifs is 1. The molecule has 90 valence electrons. The van der Waals surface area contributed by atoms with Crippen molar-refractivity contribution in [2.24, 2.45) is 0 Å². The number of aromatic amines is 1. The number of H-pyrrole nitrogens is 1. The maximum absolute atomic E-state index is 12.7. The van der Waals surface area contributed by atoms with E-state index in [2.05, 4.69) is 10.1 Å². The van der Waals surface area contributed by atoms with E-state index in [1.165, 1.54) is 6.07 Å². The number of halogens is 3. The Kier molecular flexibility index (Phi) is 3.03. The van der Waals surface area contributed by atoms with Gasteiger partial charge >= 0.3 is 0 Å². The lowest BCUT2D eigenvalue weighted by atomic mass is 10.1. The molecule has 8 heteroatoms. The summed E-state index contributed by atoms with van der Waals surface area (Å²) in [6.07, 6.45) is -2.94. The molecular formula is C9H6ClF2N3O2. The Bertz CT molecular complexity index is 629. The summed E-state index contributed by atoms with van der Waals surface area (Å²) >= 11 is 5.58. The van der Waals surface area contributed by atoms with E-state index in [9.17, 15) is 13.6 Å². The molecule has 2 aromatic heterocycles. The van der Waals surface area contributed by atoms with Crippen LogP contribution in [0.5, 0.6) is 0 Å². The summed E-state index contributed by atoms with van der Waals surface area (Å²) < 4.78 is 25.5. The van der Waals surface area contributed by atoms with Crippen molar-refractivity contribution in [3.63, 3.8) is 0 Å². The van der Waals surface area contributed by atoms with Gasteiger partial charge in [0, 0.05) is 5.39 Å². The number of nitrogens with zero attached hydrogens (tertiary/aromatic N) is 2. The van der Waals surface area contributed by atoms with Gasteiger partial charge in [-0.05, 0) is 6.07 Å². The average Bonchev–Trinajstić information content (AvgIpc) is 2.28. The SMILES string of the molecule is O=c1[nH]nc(CO)c2cc(Cl)nc(C(F)F)c12. The Hall–Kier alpha value is -1.60. The van der Waals surface area contributed by atoms with Gasteiger partial charge in [0.2, 0.25) is 0 Å². The summed E-state index contributed by atoms with van der Waals surface area (Å²) in [5, 5.41) is 14.2. The molecule has 0 aliphatic heterocycles. The highest BCUT2D eigenvalue weighted by Gasteiger charge is 2.19. The quantitative estimate of drug-likeness (QED) is 0.801. The predicted molar refractivity (Wildman–Crippen MR) is 56.0 cm³/mol. The van der Waals surface area contributed by atoms with Crippen molar-refractivity contribution in [2.45, 2.75) is 13.0 Å². The van der Waals surface area contributed by atoms with E-state index in [-0.39, 0.29) is 21.6 Å². The first-order valence-electron chi connectivity index (χ1n) is 4.51. The minimum Gasteiger partial charge on any atom is -0.390 e. The Morgan fingerprint density at radius 3 is 2.82 bits per heavy atom. The lowest BCUT2D eigenvalue weighted by Gasteiger charge is -2.07. The molecule has 0 saturated carbocycles. The molecule has 0 amide bonds. The van der Waals surface area contributed by atoms with E-state index in [0.717, 1.165) is 0 Å². The number of alkyl halides is 2. The molecule has 0 saturated heterocycles. The molecular weight excluding hydrogens is 256 g/mol. The van der Waals surface area contributed by atoms with Crippen LogP contribution in [0, 0.1) is 0 Å². The van der Waals surface area contributed by atoms with Gasteiger partial charge in [0.1, 0.15) is 10.8 Å². The van der Waals surface area contributed by atoms with Crippen LogP contribution in [0.1, 0.15) is 17.8 Å². The first-order valence-corrected chi connectivity index (χ1v) is 4.89. The molecule has 0 bridgehead atoms. The molecule has 17 heavy (non-hydrogen) atoms. The Labute approximate surface area is 98.1 Å². The Balaban J connectivity index is 2.97. The number of pyridine rings is 1. The Morgan fingerprint density at radius 1 is 1.53 bits per heavy atom. The second-order valence-corrected chi connectivity index (χ2v) is 3.60. The minimum atomic E-state index is -2.94. The zero-order chi connectivity index (χ0) is 12.6. The highest BCUT2D eigenvalue weighted by molar-refractivity contribution is 6.30. The topological polar surface area (TPSA) is 78.9 Å². The van der Waals surface area contributed by atoms with Crippen molar-refractivity contribution in [3.8, 4) is 0 Å². The van der Waals surface area contributed by atoms with Crippen molar-refractivity contribution in [3.05, 3.63) is 33.0 Å². The van der Waals surface area contributed by atoms with Crippen LogP contribution in [0.15, 0.2) is 10.9 Å². The molecule has 0 aromatic carbocycles. The van der Waals surface area contributed by atoms with E-state index in [1.54, 1.807) is 0 Å². The molecule has 2 N–H and O–H groups in total. The van der Waals surface area contributed by atoms with Crippen LogP contribution in [0.2, 0.25) is 5.15 Å². The fourth-order valence-electron chi connectivity index (χ4n) is 1.51. The van der Waals surface area contributed by atoms with Crippen molar-refractivity contribution in [2.75, 3.05) is 0 Å². The second kappa shape index (κ2) is 4.34. The van der Waals surface area contributed by atoms with Crippen LogP contribution in [0.25, 0.3) is 10.8 Å². The molecule has 2 rings (SSSR count). The summed E-state index contributed by atoms with van der Waals surface area (Å²) in [5.41, 5.74) is -1.45. The van der Waals surface area contributed by atoms with Gasteiger partial charge in [0.25, 0.3) is 12.0 Å². The number of aliphatic hydroxyl groups is 1. The third kappa shape index (κ3) is 1.98. The van der Waals surface area contributed by atoms with Gasteiger partial charge in [-0.2, -0.15) is 5.10 Å². The molecule has 0 aliphatic carbocycles. The molecule has 5 nitrogen and oxygen atoms in total. The zero-order valence-corrected chi connectivity index (χ0v) is 9.00. The summed E-state index contributed by atoms with van der Waals surface area (Å²) in [6.45, 7) is -0.504. The van der Waals surface area contributed by atoms with Gasteiger partial charge in [-0.25, -0.2) is 18.9 Å². The molecule has 2 heterocycles. The lowest BCUT2D eigenvalue weighted by molar-refractivity contribution is 0.148. The minimum absolute atomic E-state index is 0.0609. The molecule has 0 fully saturated rings. The first-order chi connectivity index (χ1) is 8.04. The van der Waals surface area contributed by atoms with Crippen molar-refractivity contribution in [1.29, 1.82) is 0 Å². The molecule has 2 aromatic rings. The van der Waals surface area contributed by atoms with Crippen molar-refractivity contribution < 1.29 is 13.9 Å². The third-order valence-corrected chi connectivity index (χ3v) is 2.40. The van der Waals surface area contributed by atoms with Crippen LogP contribution < -0.4 is 5.56 Å². The molecule has 0 unspecified atom stereocenters. The molecule has 0 atom stereocenters. The predicted octanol–water partition coefficient (Wildman–Crippen LogP) is 1.40. The number of nitrogens with one attached hydrogen (secondary N) is 1. The number of aliphatic hydroxyl groups excluding tert-OH is 1. The normalized spacial score (nSPS) is 11.4. The summed E-state index contributed by atoms with van der Waals surface area (Å²) in [5.74, 6) is 0. The zero-order valence-electron chi connectivity index (χ0n) is 8.25. The van der Waals surface area contributed by atoms with Crippen LogP contribution in [0.3, 0.4) is 0 Å². The van der Waals surface area contributed by atoms with Gasteiger partial charge < -0.3 is 5.11 Å². The van der Waals surface area contributed by atoms with E-state index < -0.39 is 24.3 Å². The third-order valence-electron chi connectivity index (χ3n) is 2.20. The highest BCUT2D eigenvalue weighted by atomic mass is 35.5. The summed E-state index contributed by atoms with van der Waals surface area (Å²) in [6, 6.07) is 1.22. The summed E-state index contributed by atoms with van der Waals surface area (Å²) in [4.78, 5) is 14.9. The average molecular weight is 262 g/mol. The lowest BCUT2D eigenvalue weighted by Crippen LogP contribution is -2.14. The van der Waals surface area contributed by atoms with Crippen LogP contribution in [-0.4, -0.2) is 20.3 Å². The fraction of sp³-hybridized carbons (Fsp3) is 0.222. The smallest absolute Gasteiger partial charge is 0.281 e. The fourth-order valence-corrected chi connectivity index (χ4v) is 1.71. The van der Waals surface area contributed by atoms with Gasteiger partial charge in [0.15, 0.2) is 0 Å². The van der Waals surface area contributed by atoms with Gasteiger partial charge in [-0.1, -0.05) is 11.6 Å². The van der Waals surface area contributed by atoms with E-state index in [0.29, 0.717) is 0 Å². The second-order valence-electron chi connectivity index (χ2n) is 3.21. The van der Waals surface area contributed by atoms with E-state index in [4.69, 9.17) is 16.7 Å². The molecule has 0 aliphatic rings. The van der Waals surface area contributed by atoms with Crippen LogP contribution in [-0.2, 0) is 6.61 Å². The van der Waals surface area contributed by atoms with E-state index in [1.807, 2.05) is 5.10 Å². The highest BCUT2D eigenvalue weighted by Crippen LogP contribution is 2.27. The van der Waals surface area contributed by atoms with E-state index >= 15 is 0 Å². The molecule has 0 radical (unpaired) electrons. The largest absolute Gasteiger partial charge is 0.390 e. The summed E-state index contributed by atoms with van der Waals surface area (Å²) in [7, 11) is 0. The number of hydrogen-bond donors (Lipinski definition) is 2. The maximum atomic E-state index is 12.7. The van der Waals surface area contributed by atoms with Crippen LogP contribution in [0.4, 0.5) is 8.78 Å². The van der Waals surface area contributed by atoms with Gasteiger partial charge in [-0.15, -0.1) is 0 Å². The number of aromatic nitrogens is 3. The first kappa shape index (κ1) is 11.9. The van der Waals surface area contributed by atoms with Crippen molar-refractivity contribution in [1.82, 2.24) is 15.2 Å². The van der Waals surface area contributed by atoms with Gasteiger partial charge in [-0.3, -0.25) is 4.79 Å². The maximum Gasteiger partial charge on any atom is 0.281 e.